The highest BCUT2D eigenvalue weighted by atomic mass is 16.5. The molecule has 7 heteroatoms. The highest BCUT2D eigenvalue weighted by Crippen LogP contribution is 2.82. The van der Waals surface area contributed by atoms with Crippen molar-refractivity contribution in [3.63, 3.8) is 0 Å². The molecule has 7 saturated carbocycles. The van der Waals surface area contributed by atoms with Gasteiger partial charge in [-0.05, 0) is 236 Å². The van der Waals surface area contributed by atoms with Gasteiger partial charge in [-0.1, -0.05) is 156 Å². The molecule has 86 heavy (non-hydrogen) atoms. The van der Waals surface area contributed by atoms with Crippen molar-refractivity contribution in [2.45, 2.75) is 241 Å². The third kappa shape index (κ3) is 8.85. The van der Waals surface area contributed by atoms with Crippen molar-refractivity contribution >= 4 is 22.7 Å². The molecule has 456 valence electrons. The maximum absolute atomic E-state index is 15.2. The van der Waals surface area contributed by atoms with Gasteiger partial charge in [0.1, 0.15) is 12.7 Å². The Kier molecular flexibility index (Phi) is 14.8. The number of esters is 2. The van der Waals surface area contributed by atoms with E-state index in [9.17, 15) is 20.1 Å². The topological polar surface area (TPSA) is 113 Å². The molecule has 2 spiro atoms. The summed E-state index contributed by atoms with van der Waals surface area (Å²) in [6.45, 7) is 7.07. The summed E-state index contributed by atoms with van der Waals surface area (Å²) in [5.74, 6) is 9.26. The van der Waals surface area contributed by atoms with Crippen molar-refractivity contribution in [1.29, 1.82) is 0 Å². The van der Waals surface area contributed by atoms with Gasteiger partial charge in [-0.2, -0.15) is 0 Å². The number of rotatable bonds is 15. The van der Waals surface area contributed by atoms with Crippen molar-refractivity contribution in [1.82, 2.24) is 0 Å². The number of ether oxygens (including phenoxy) is 2. The molecule has 0 amide bonds. The number of carbonyl (C=O) groups excluding carboxylic acids is 2. The molecular formula is C79H98O7. The van der Waals surface area contributed by atoms with Gasteiger partial charge in [0, 0.05) is 29.7 Å². The summed E-state index contributed by atoms with van der Waals surface area (Å²) in [4.78, 5) is 27.8. The monoisotopic (exact) mass is 1160 g/mol. The Hall–Kier alpha value is -4.74. The maximum Gasteiger partial charge on any atom is 0.331 e. The van der Waals surface area contributed by atoms with E-state index in [2.05, 4.69) is 124 Å². The molecule has 1 aliphatic heterocycles. The summed E-state index contributed by atoms with van der Waals surface area (Å²) in [6.07, 6.45) is 24.3. The minimum atomic E-state index is -1.59. The van der Waals surface area contributed by atoms with Crippen LogP contribution in [0.2, 0.25) is 0 Å². The molecule has 0 aromatic heterocycles. The van der Waals surface area contributed by atoms with Gasteiger partial charge in [0.15, 0.2) is 0 Å². The molecule has 3 N–H and O–H groups in total. The van der Waals surface area contributed by atoms with Gasteiger partial charge in [0.05, 0.1) is 29.1 Å². The summed E-state index contributed by atoms with van der Waals surface area (Å²) < 4.78 is 12.8. The Morgan fingerprint density at radius 1 is 0.791 bits per heavy atom. The fourth-order valence-corrected chi connectivity index (χ4v) is 24.2. The van der Waals surface area contributed by atoms with Crippen LogP contribution in [0, 0.1) is 80.8 Å². The minimum Gasteiger partial charge on any atom is -0.462 e. The van der Waals surface area contributed by atoms with E-state index in [0.29, 0.717) is 61.7 Å². The van der Waals surface area contributed by atoms with Crippen LogP contribution in [-0.2, 0) is 30.9 Å². The van der Waals surface area contributed by atoms with Crippen LogP contribution in [0.15, 0.2) is 103 Å². The predicted molar refractivity (Wildman–Crippen MR) is 339 cm³/mol. The number of aliphatic hydroxyl groups excluding tert-OH is 2. The molecule has 15 rings (SSSR count). The van der Waals surface area contributed by atoms with E-state index in [-0.39, 0.29) is 64.9 Å². The molecule has 11 aliphatic rings. The number of benzene rings is 4. The standard InChI is InChI=1S/C79H98O7/c1-50(18-15-21-52-19-7-4-8-20-52)31-34-66(80)79-67(81)37-39-74(3,72(79)65(86-73(83)56-23-9-5-10-24-56)42-51(2)78(79,84)41-36-54-43-68(82)85-48-54)62-44-63-59-29-17-25-55-32-33-60-61-30-13-14-38-76(61,58-27-11-6-12-28-58)47-64-71(70(60)69(55)59)77(63)46-57(62)26-16-22-53-35-40-75(64,45-53)49-77/h4,6-8,11-12,17,19-20,25,27-29,32-33,43,50-51,53,56-57,61-67,71-72,80-81,84H,5,9-10,13-15,18,21-24,30-31,34-42,44-49H2,1-3H3/t50-,51-,53+,57+,61+,62+,63+,64-,65-,66+,67+,71+,72+,74+,75+,76-,77-,78-,79+/m1/s1. The van der Waals surface area contributed by atoms with Crippen molar-refractivity contribution in [2.75, 3.05) is 6.61 Å². The second-order valence-corrected chi connectivity index (χ2v) is 31.6. The van der Waals surface area contributed by atoms with Crippen molar-refractivity contribution in [3.05, 3.63) is 130 Å². The normalized spacial score (nSPS) is 40.7. The first kappa shape index (κ1) is 57.7. The summed E-state index contributed by atoms with van der Waals surface area (Å²) in [5, 5.41) is 45.3. The Bertz CT molecular complexity index is 3310. The molecule has 10 aliphatic carbocycles. The fraction of sp³-hybridized carbons (Fsp3) is 0.646. The highest BCUT2D eigenvalue weighted by Gasteiger charge is 2.77. The minimum absolute atomic E-state index is 0.00350. The molecule has 19 atom stereocenters. The first-order valence-corrected chi connectivity index (χ1v) is 35.0. The van der Waals surface area contributed by atoms with E-state index in [1.54, 1.807) is 33.7 Å². The lowest BCUT2D eigenvalue weighted by molar-refractivity contribution is -0.329. The number of carbonyl (C=O) groups is 2. The summed E-state index contributed by atoms with van der Waals surface area (Å²) >= 11 is 0. The molecule has 7 fully saturated rings. The second-order valence-electron chi connectivity index (χ2n) is 31.6. The first-order chi connectivity index (χ1) is 41.7. The summed E-state index contributed by atoms with van der Waals surface area (Å²) in [6, 6.07) is 35.1. The van der Waals surface area contributed by atoms with Crippen molar-refractivity contribution < 1.29 is 34.4 Å². The predicted octanol–water partition coefficient (Wildman–Crippen LogP) is 16.3. The third-order valence-corrected chi connectivity index (χ3v) is 27.7. The van der Waals surface area contributed by atoms with E-state index < -0.39 is 46.6 Å². The number of hydrogen-bond donors (Lipinski definition) is 3. The van der Waals surface area contributed by atoms with Gasteiger partial charge in [-0.3, -0.25) is 4.79 Å². The van der Waals surface area contributed by atoms with Crippen LogP contribution in [0.1, 0.15) is 233 Å². The average Bonchev–Trinajstić information content (AvgIpc) is 1.28. The summed E-state index contributed by atoms with van der Waals surface area (Å²) in [5.41, 5.74) is 5.29. The number of fused-ring (bicyclic) bond motifs is 6. The highest BCUT2D eigenvalue weighted by molar-refractivity contribution is 5.93. The van der Waals surface area contributed by atoms with E-state index in [4.69, 9.17) is 9.47 Å². The van der Waals surface area contributed by atoms with Crippen molar-refractivity contribution in [3.8, 4) is 11.8 Å². The van der Waals surface area contributed by atoms with E-state index >= 15 is 4.79 Å². The third-order valence-electron chi connectivity index (χ3n) is 27.7. The van der Waals surface area contributed by atoms with Crippen LogP contribution in [0.25, 0.3) is 10.8 Å². The van der Waals surface area contributed by atoms with Gasteiger partial charge < -0.3 is 24.8 Å². The van der Waals surface area contributed by atoms with E-state index in [0.717, 1.165) is 82.6 Å². The molecule has 4 bridgehead atoms. The van der Waals surface area contributed by atoms with Crippen LogP contribution < -0.4 is 0 Å². The van der Waals surface area contributed by atoms with Crippen LogP contribution in [-0.4, -0.2) is 57.8 Å². The Morgan fingerprint density at radius 2 is 1.59 bits per heavy atom. The molecule has 4 aromatic carbocycles. The van der Waals surface area contributed by atoms with Gasteiger partial charge in [-0.25, -0.2) is 4.79 Å². The zero-order chi connectivity index (χ0) is 58.8. The molecule has 4 aromatic rings. The van der Waals surface area contributed by atoms with Crippen LogP contribution >= 0.6 is 0 Å². The first-order valence-electron chi connectivity index (χ1n) is 35.0. The van der Waals surface area contributed by atoms with Crippen LogP contribution in [0.3, 0.4) is 0 Å². The van der Waals surface area contributed by atoms with Gasteiger partial charge in [-0.15, -0.1) is 5.92 Å². The average molecular weight is 1160 g/mol. The fourth-order valence-electron chi connectivity index (χ4n) is 24.2. The Balaban J connectivity index is 0.889. The van der Waals surface area contributed by atoms with Crippen LogP contribution in [0.4, 0.5) is 0 Å². The lowest BCUT2D eigenvalue weighted by Gasteiger charge is -2.71. The zero-order valence-corrected chi connectivity index (χ0v) is 52.1. The number of cyclic esters (lactones) is 1. The van der Waals surface area contributed by atoms with Crippen LogP contribution in [0.5, 0.6) is 0 Å². The maximum atomic E-state index is 15.2. The molecule has 0 unspecified atom stereocenters. The molecule has 7 nitrogen and oxygen atoms in total. The summed E-state index contributed by atoms with van der Waals surface area (Å²) in [7, 11) is 0. The molecule has 0 saturated heterocycles. The quantitative estimate of drug-likeness (QED) is 0.0803. The Morgan fingerprint density at radius 3 is 2.40 bits per heavy atom. The van der Waals surface area contributed by atoms with E-state index in [1.807, 2.05) is 0 Å². The SMILES string of the molecule is C[C@H](CCCc1ccccc1)CC[C@H](O)[C@]12[C@@H](O)CC[C@@](C)([C@H]3C[C@H]4c5cccc6ccc7c(c56)[C@@H]5[C@@H](C[C@@]6(c8ccccc8)CCCC[C@@H]76)[C@]67CC[C@H](CC#C[C@H]3C[C@]54C6)C7)[C@@H]1[C@H](OC(=O)C1CCCCC1)C[C@@H](C)[C@]2(O)CCC1=CC(=O)OC1. The Labute approximate surface area is 513 Å². The second kappa shape index (κ2) is 22.0. The molecule has 1 heterocycles. The number of aryl methyl sites for hydroxylation is 1. The van der Waals surface area contributed by atoms with Crippen molar-refractivity contribution in [2.24, 2.45) is 69.0 Å². The molecular weight excluding hydrogens is 1060 g/mol. The largest absolute Gasteiger partial charge is 0.462 e. The zero-order valence-electron chi connectivity index (χ0n) is 52.1. The van der Waals surface area contributed by atoms with E-state index in [1.165, 1.54) is 68.7 Å². The van der Waals surface area contributed by atoms with Gasteiger partial charge in [0.25, 0.3) is 0 Å². The lowest BCUT2D eigenvalue weighted by Crippen LogP contribution is -2.77. The lowest BCUT2D eigenvalue weighted by atomic mass is 9.35. The number of hydrogen-bond acceptors (Lipinski definition) is 7. The smallest absolute Gasteiger partial charge is 0.331 e. The van der Waals surface area contributed by atoms with Gasteiger partial charge in [0.2, 0.25) is 0 Å². The van der Waals surface area contributed by atoms with Gasteiger partial charge >= 0.3 is 11.9 Å². The molecule has 0 radical (unpaired) electrons. The number of aliphatic hydroxyl groups is 3.